The number of amides is 2. The summed E-state index contributed by atoms with van der Waals surface area (Å²) in [6.45, 7) is 5.79. The highest BCUT2D eigenvalue weighted by molar-refractivity contribution is 8.01. The van der Waals surface area contributed by atoms with Gasteiger partial charge in [0.2, 0.25) is 11.8 Å². The lowest BCUT2D eigenvalue weighted by Gasteiger charge is -2.40. The molecule has 2 atom stereocenters. The Morgan fingerprint density at radius 1 is 1.24 bits per heavy atom. The monoisotopic (exact) mass is 367 g/mol. The van der Waals surface area contributed by atoms with E-state index in [1.54, 1.807) is 0 Å². The number of rotatable bonds is 4. The molecule has 25 heavy (non-hydrogen) atoms. The summed E-state index contributed by atoms with van der Waals surface area (Å²) in [6, 6.07) is 0.130. The number of nitrogens with one attached hydrogen (secondary N) is 2. The first-order valence-corrected chi connectivity index (χ1v) is 11.0. The van der Waals surface area contributed by atoms with Crippen LogP contribution < -0.4 is 10.6 Å². The van der Waals surface area contributed by atoms with Crippen LogP contribution in [0.5, 0.6) is 0 Å². The molecule has 142 valence electrons. The van der Waals surface area contributed by atoms with Crippen molar-refractivity contribution in [3.8, 4) is 0 Å². The van der Waals surface area contributed by atoms with E-state index in [1.165, 1.54) is 19.3 Å². The van der Waals surface area contributed by atoms with Crippen molar-refractivity contribution in [3.05, 3.63) is 0 Å². The lowest BCUT2D eigenvalue weighted by molar-refractivity contribution is -0.138. The van der Waals surface area contributed by atoms with Gasteiger partial charge in [-0.3, -0.25) is 14.9 Å². The van der Waals surface area contributed by atoms with E-state index in [9.17, 15) is 9.59 Å². The Bertz CT molecular complexity index is 485. The molecule has 0 aromatic heterocycles. The van der Waals surface area contributed by atoms with Crippen LogP contribution in [0.1, 0.15) is 65.2 Å². The molecule has 2 unspecified atom stereocenters. The Balaban J connectivity index is 1.48. The largest absolute Gasteiger partial charge is 0.352 e. The quantitative estimate of drug-likeness (QED) is 0.801. The Kier molecular flexibility index (Phi) is 6.31. The van der Waals surface area contributed by atoms with Gasteiger partial charge >= 0.3 is 0 Å². The van der Waals surface area contributed by atoms with Crippen molar-refractivity contribution in [1.29, 1.82) is 0 Å². The first kappa shape index (κ1) is 19.0. The third-order valence-corrected chi connectivity index (χ3v) is 7.70. The third-order valence-electron chi connectivity index (χ3n) is 6.12. The molecular formula is C19H33N3O2S. The van der Waals surface area contributed by atoms with Gasteiger partial charge in [0.05, 0.1) is 10.9 Å². The number of carbonyl (C=O) groups is 2. The molecule has 0 aromatic rings. The van der Waals surface area contributed by atoms with E-state index in [2.05, 4.69) is 22.5 Å². The number of hydrogen-bond acceptors (Lipinski definition) is 4. The molecular weight excluding hydrogens is 334 g/mol. The maximum absolute atomic E-state index is 12.7. The van der Waals surface area contributed by atoms with Crippen LogP contribution in [-0.4, -0.2) is 52.5 Å². The molecule has 3 rings (SSSR count). The molecule has 0 radical (unpaired) electrons. The van der Waals surface area contributed by atoms with Crippen molar-refractivity contribution in [1.82, 2.24) is 15.5 Å². The van der Waals surface area contributed by atoms with E-state index in [0.29, 0.717) is 5.91 Å². The van der Waals surface area contributed by atoms with Gasteiger partial charge in [-0.1, -0.05) is 26.2 Å². The summed E-state index contributed by atoms with van der Waals surface area (Å²) >= 11 is 1.88. The second-order valence-electron chi connectivity index (χ2n) is 7.98. The predicted molar refractivity (Wildman–Crippen MR) is 102 cm³/mol. The highest BCUT2D eigenvalue weighted by Gasteiger charge is 2.45. The zero-order chi connectivity index (χ0) is 17.9. The zero-order valence-corrected chi connectivity index (χ0v) is 16.5. The van der Waals surface area contributed by atoms with Gasteiger partial charge in [0.1, 0.15) is 0 Å². The third kappa shape index (κ3) is 4.51. The first-order chi connectivity index (χ1) is 12.0. The Morgan fingerprint density at radius 2 is 1.92 bits per heavy atom. The fourth-order valence-corrected chi connectivity index (χ4v) is 5.63. The van der Waals surface area contributed by atoms with Crippen LogP contribution in [0.25, 0.3) is 0 Å². The number of piperidine rings is 1. The van der Waals surface area contributed by atoms with E-state index in [-0.39, 0.29) is 28.8 Å². The molecule has 3 fully saturated rings. The second-order valence-corrected chi connectivity index (χ2v) is 9.38. The van der Waals surface area contributed by atoms with Crippen molar-refractivity contribution in [3.63, 3.8) is 0 Å². The zero-order valence-electron chi connectivity index (χ0n) is 15.7. The van der Waals surface area contributed by atoms with Gasteiger partial charge in [0.15, 0.2) is 0 Å². The van der Waals surface area contributed by atoms with Crippen LogP contribution in [0.3, 0.4) is 0 Å². The number of likely N-dealkylation sites (tertiary alicyclic amines) is 1. The van der Waals surface area contributed by atoms with Crippen molar-refractivity contribution in [2.24, 2.45) is 5.92 Å². The summed E-state index contributed by atoms with van der Waals surface area (Å²) in [6.07, 6.45) is 8.70. The molecule has 6 heteroatoms. The average Bonchev–Trinajstić information content (AvgIpc) is 3.06. The van der Waals surface area contributed by atoms with Gasteiger partial charge in [-0.25, -0.2) is 0 Å². The highest BCUT2D eigenvalue weighted by Crippen LogP contribution is 2.40. The van der Waals surface area contributed by atoms with Gasteiger partial charge < -0.3 is 10.2 Å². The minimum Gasteiger partial charge on any atom is -0.352 e. The number of carbonyl (C=O) groups excluding carboxylic acids is 2. The normalized spacial score (nSPS) is 28.1. The summed E-state index contributed by atoms with van der Waals surface area (Å²) < 4.78 is 0. The molecule has 2 saturated heterocycles. The van der Waals surface area contributed by atoms with E-state index in [0.717, 1.165) is 50.9 Å². The van der Waals surface area contributed by atoms with Crippen LogP contribution in [0.2, 0.25) is 0 Å². The molecule has 2 aliphatic heterocycles. The lowest BCUT2D eigenvalue weighted by Crippen LogP contribution is -2.55. The highest BCUT2D eigenvalue weighted by atomic mass is 32.2. The van der Waals surface area contributed by atoms with E-state index in [1.807, 2.05) is 18.7 Å². The van der Waals surface area contributed by atoms with Gasteiger partial charge in [-0.05, 0) is 39.0 Å². The summed E-state index contributed by atoms with van der Waals surface area (Å²) in [5.74, 6) is 1.60. The number of thioether (sulfide) groups is 1. The molecule has 2 heterocycles. The molecule has 2 amide bonds. The summed E-state index contributed by atoms with van der Waals surface area (Å²) in [7, 11) is 0. The molecule has 3 aliphatic rings. The predicted octanol–water partition coefficient (Wildman–Crippen LogP) is 2.51. The number of nitrogens with zero attached hydrogens (tertiary/aromatic N) is 1. The minimum atomic E-state index is -0.0976. The maximum atomic E-state index is 12.7. The van der Waals surface area contributed by atoms with Crippen LogP contribution in [0.4, 0.5) is 0 Å². The van der Waals surface area contributed by atoms with Gasteiger partial charge in [0, 0.05) is 30.8 Å². The van der Waals surface area contributed by atoms with Crippen molar-refractivity contribution in [2.75, 3.05) is 18.8 Å². The Hall–Kier alpha value is -0.750. The maximum Gasteiger partial charge on any atom is 0.238 e. The molecule has 0 bridgehead atoms. The minimum absolute atomic E-state index is 0.0131. The molecule has 2 N–H and O–H groups in total. The SMILES string of the molecule is CCC(C)NC(=O)C1CSC2(CCN(C(=O)C3CCCCC3)CC2)N1. The molecule has 1 saturated carbocycles. The first-order valence-electron chi connectivity index (χ1n) is 10.0. The fraction of sp³-hybridized carbons (Fsp3) is 0.895. The van der Waals surface area contributed by atoms with Crippen LogP contribution in [-0.2, 0) is 9.59 Å². The Morgan fingerprint density at radius 3 is 2.56 bits per heavy atom. The van der Waals surface area contributed by atoms with Gasteiger partial charge in [-0.2, -0.15) is 0 Å². The van der Waals surface area contributed by atoms with Gasteiger partial charge in [0.25, 0.3) is 0 Å². The van der Waals surface area contributed by atoms with Crippen LogP contribution in [0.15, 0.2) is 0 Å². The molecule has 1 aliphatic carbocycles. The lowest BCUT2D eigenvalue weighted by atomic mass is 9.87. The molecule has 5 nitrogen and oxygen atoms in total. The molecule has 1 spiro atoms. The number of hydrogen-bond donors (Lipinski definition) is 2. The smallest absolute Gasteiger partial charge is 0.238 e. The van der Waals surface area contributed by atoms with E-state index < -0.39 is 0 Å². The van der Waals surface area contributed by atoms with E-state index in [4.69, 9.17) is 0 Å². The van der Waals surface area contributed by atoms with Crippen LogP contribution >= 0.6 is 11.8 Å². The Labute approximate surface area is 156 Å². The van der Waals surface area contributed by atoms with Crippen LogP contribution in [0, 0.1) is 5.92 Å². The summed E-state index contributed by atoms with van der Waals surface area (Å²) in [5, 5.41) is 6.67. The van der Waals surface area contributed by atoms with Gasteiger partial charge in [-0.15, -0.1) is 11.8 Å². The summed E-state index contributed by atoms with van der Waals surface area (Å²) in [4.78, 5) is 27.2. The average molecular weight is 368 g/mol. The second kappa shape index (κ2) is 8.30. The van der Waals surface area contributed by atoms with E-state index >= 15 is 0 Å². The standard InChI is InChI=1S/C19H33N3O2S/c1-3-14(2)20-17(23)16-13-25-19(21-16)9-11-22(12-10-19)18(24)15-7-5-4-6-8-15/h14-16,21H,3-13H2,1-2H3,(H,20,23). The van der Waals surface area contributed by atoms with Crippen molar-refractivity contribution >= 4 is 23.6 Å². The topological polar surface area (TPSA) is 61.4 Å². The van der Waals surface area contributed by atoms with Crippen molar-refractivity contribution in [2.45, 2.75) is 82.2 Å². The van der Waals surface area contributed by atoms with Crippen molar-refractivity contribution < 1.29 is 9.59 Å². The fourth-order valence-electron chi connectivity index (χ4n) is 4.22. The molecule has 0 aromatic carbocycles. The summed E-state index contributed by atoms with van der Waals surface area (Å²) in [5.41, 5.74) is 0.